The van der Waals surface area contributed by atoms with Crippen LogP contribution in [0, 0.1) is 0 Å². The van der Waals surface area contributed by atoms with Gasteiger partial charge < -0.3 is 10.5 Å². The van der Waals surface area contributed by atoms with Crippen LogP contribution in [0.2, 0.25) is 0 Å². The lowest BCUT2D eigenvalue weighted by Crippen LogP contribution is -2.13. The van der Waals surface area contributed by atoms with Gasteiger partial charge in [0.05, 0.1) is 14.2 Å². The highest BCUT2D eigenvalue weighted by atomic mass is 16.5. The molecule has 0 aliphatic heterocycles. The summed E-state index contributed by atoms with van der Waals surface area (Å²) in [5.41, 5.74) is 6.46. The van der Waals surface area contributed by atoms with Crippen LogP contribution < -0.4 is 15.8 Å². The summed E-state index contributed by atoms with van der Waals surface area (Å²) in [4.78, 5) is 13.2. The average molecular weight is 248 g/mol. The van der Waals surface area contributed by atoms with Gasteiger partial charge >= 0.3 is 0 Å². The van der Waals surface area contributed by atoms with Crippen LogP contribution in [0.15, 0.2) is 18.2 Å². The number of carbonyl (C=O) groups excluding carboxylic acids is 1. The molecule has 0 aliphatic rings. The first kappa shape index (κ1) is 11.8. The number of methoxy groups -OCH3 is 1. The van der Waals surface area contributed by atoms with E-state index in [0.717, 1.165) is 0 Å². The first-order valence-corrected chi connectivity index (χ1v) is 5.08. The summed E-state index contributed by atoms with van der Waals surface area (Å²) >= 11 is 0. The van der Waals surface area contributed by atoms with Crippen LogP contribution in [0.1, 0.15) is 10.4 Å². The fraction of sp³-hybridized carbons (Fsp3) is 0.200. The van der Waals surface area contributed by atoms with Gasteiger partial charge in [0.15, 0.2) is 0 Å². The number of aryl methyl sites for hydroxylation is 1. The summed E-state index contributed by atoms with van der Waals surface area (Å²) in [6, 6.07) is 4.73. The molecule has 18 heavy (non-hydrogen) atoms. The third-order valence-electron chi connectivity index (χ3n) is 2.16. The van der Waals surface area contributed by atoms with Crippen molar-refractivity contribution in [2.24, 2.45) is 7.05 Å². The fourth-order valence-electron chi connectivity index (χ4n) is 1.38. The molecule has 0 fully saturated rings. The quantitative estimate of drug-likeness (QED) is 0.743. The number of tetrazole rings is 1. The summed E-state index contributed by atoms with van der Waals surface area (Å²) < 4.78 is 5.03. The van der Waals surface area contributed by atoms with Gasteiger partial charge in [-0.1, -0.05) is 5.10 Å². The van der Waals surface area contributed by atoms with E-state index in [1.54, 1.807) is 19.2 Å². The highest BCUT2D eigenvalue weighted by molar-refractivity contribution is 6.04. The maximum atomic E-state index is 11.9. The summed E-state index contributed by atoms with van der Waals surface area (Å²) in [5, 5.41) is 13.6. The van der Waals surface area contributed by atoms with E-state index < -0.39 is 0 Å². The number of ether oxygens (including phenoxy) is 1. The van der Waals surface area contributed by atoms with Crippen LogP contribution in [0.25, 0.3) is 0 Å². The second-order valence-corrected chi connectivity index (χ2v) is 3.55. The van der Waals surface area contributed by atoms with Gasteiger partial charge in [-0.25, -0.2) is 0 Å². The minimum Gasteiger partial charge on any atom is -0.497 e. The Morgan fingerprint density at radius 3 is 2.83 bits per heavy atom. The van der Waals surface area contributed by atoms with Crippen molar-refractivity contribution in [1.29, 1.82) is 0 Å². The van der Waals surface area contributed by atoms with Gasteiger partial charge in [0.1, 0.15) is 5.75 Å². The maximum absolute atomic E-state index is 11.9. The molecule has 1 amide bonds. The number of rotatable bonds is 3. The molecule has 8 heteroatoms. The number of carbonyl (C=O) groups is 1. The van der Waals surface area contributed by atoms with Gasteiger partial charge in [0, 0.05) is 17.3 Å². The van der Waals surface area contributed by atoms with Crippen LogP contribution in [-0.4, -0.2) is 33.2 Å². The number of nitrogens with two attached hydrogens (primary N) is 1. The molecular formula is C10H12N6O2. The predicted molar refractivity (Wildman–Crippen MR) is 64.2 cm³/mol. The number of nitrogens with zero attached hydrogens (tertiary/aromatic N) is 4. The zero-order valence-corrected chi connectivity index (χ0v) is 9.91. The van der Waals surface area contributed by atoms with Gasteiger partial charge in [-0.15, -0.1) is 5.10 Å². The van der Waals surface area contributed by atoms with E-state index in [0.29, 0.717) is 17.0 Å². The zero-order chi connectivity index (χ0) is 13.1. The van der Waals surface area contributed by atoms with E-state index in [2.05, 4.69) is 20.7 Å². The number of hydrogen-bond acceptors (Lipinski definition) is 6. The van der Waals surface area contributed by atoms with Crippen molar-refractivity contribution in [3.05, 3.63) is 23.8 Å². The standard InChI is InChI=1S/C10H12N6O2/c1-16-14-10(13-15-16)12-9(17)6-3-7(11)5-8(4-6)18-2/h3-5H,11H2,1-2H3,(H,12,14,17). The second kappa shape index (κ2) is 4.70. The van der Waals surface area contributed by atoms with Gasteiger partial charge in [-0.2, -0.15) is 4.80 Å². The van der Waals surface area contributed by atoms with E-state index in [-0.39, 0.29) is 11.9 Å². The van der Waals surface area contributed by atoms with Crippen LogP contribution in [-0.2, 0) is 7.05 Å². The number of nitrogens with one attached hydrogen (secondary N) is 1. The molecular weight excluding hydrogens is 236 g/mol. The molecule has 3 N–H and O–H groups in total. The molecule has 0 unspecified atom stereocenters. The van der Waals surface area contributed by atoms with Crippen molar-refractivity contribution in [3.63, 3.8) is 0 Å². The largest absolute Gasteiger partial charge is 0.497 e. The van der Waals surface area contributed by atoms with E-state index >= 15 is 0 Å². The van der Waals surface area contributed by atoms with E-state index in [1.165, 1.54) is 18.0 Å². The molecule has 8 nitrogen and oxygen atoms in total. The molecule has 0 spiro atoms. The molecule has 0 saturated carbocycles. The monoisotopic (exact) mass is 248 g/mol. The Morgan fingerprint density at radius 2 is 2.22 bits per heavy atom. The van der Waals surface area contributed by atoms with Crippen molar-refractivity contribution in [2.75, 3.05) is 18.2 Å². The number of benzene rings is 1. The molecule has 0 atom stereocenters. The van der Waals surface area contributed by atoms with Crippen molar-refractivity contribution < 1.29 is 9.53 Å². The first-order valence-electron chi connectivity index (χ1n) is 5.08. The highest BCUT2D eigenvalue weighted by Crippen LogP contribution is 2.18. The minimum absolute atomic E-state index is 0.129. The van der Waals surface area contributed by atoms with E-state index in [4.69, 9.17) is 10.5 Å². The second-order valence-electron chi connectivity index (χ2n) is 3.55. The van der Waals surface area contributed by atoms with Crippen LogP contribution in [0.5, 0.6) is 5.75 Å². The number of amides is 1. The minimum atomic E-state index is -0.381. The molecule has 94 valence electrons. The lowest BCUT2D eigenvalue weighted by atomic mass is 10.2. The molecule has 1 aromatic carbocycles. The Kier molecular flexibility index (Phi) is 3.09. The molecule has 0 bridgehead atoms. The fourth-order valence-corrected chi connectivity index (χ4v) is 1.38. The van der Waals surface area contributed by atoms with Gasteiger partial charge in [0.2, 0.25) is 0 Å². The van der Waals surface area contributed by atoms with Crippen molar-refractivity contribution in [2.45, 2.75) is 0 Å². The molecule has 2 rings (SSSR count). The molecule has 0 aliphatic carbocycles. The first-order chi connectivity index (χ1) is 8.58. The molecule has 1 heterocycles. The summed E-state index contributed by atoms with van der Waals surface area (Å²) in [5.74, 6) is 0.254. The van der Waals surface area contributed by atoms with E-state index in [1.807, 2.05) is 0 Å². The smallest absolute Gasteiger partial charge is 0.270 e. The van der Waals surface area contributed by atoms with Crippen molar-refractivity contribution in [1.82, 2.24) is 20.2 Å². The predicted octanol–water partition coefficient (Wildman–Crippen LogP) is 0.0532. The maximum Gasteiger partial charge on any atom is 0.270 e. The summed E-state index contributed by atoms with van der Waals surface area (Å²) in [6.45, 7) is 0. The lowest BCUT2D eigenvalue weighted by molar-refractivity contribution is 0.102. The van der Waals surface area contributed by atoms with Crippen molar-refractivity contribution >= 4 is 17.5 Å². The molecule has 0 saturated heterocycles. The van der Waals surface area contributed by atoms with Crippen LogP contribution >= 0.6 is 0 Å². The SMILES string of the molecule is COc1cc(N)cc(C(=O)Nc2nnn(C)n2)c1. The van der Waals surface area contributed by atoms with Gasteiger partial charge in [-0.05, 0) is 17.3 Å². The normalized spacial score (nSPS) is 10.1. The third kappa shape index (κ3) is 2.54. The Labute approximate surface area is 103 Å². The Bertz CT molecular complexity index is 579. The number of nitrogen functional groups attached to an aromatic ring is 1. The number of aromatic nitrogens is 4. The molecule has 0 radical (unpaired) electrons. The number of hydrogen-bond donors (Lipinski definition) is 2. The Morgan fingerprint density at radius 1 is 1.44 bits per heavy atom. The van der Waals surface area contributed by atoms with Crippen LogP contribution in [0.4, 0.5) is 11.6 Å². The number of anilines is 2. The molecule has 1 aromatic heterocycles. The third-order valence-corrected chi connectivity index (χ3v) is 2.16. The highest BCUT2D eigenvalue weighted by Gasteiger charge is 2.11. The van der Waals surface area contributed by atoms with Crippen molar-refractivity contribution in [3.8, 4) is 5.75 Å². The Hall–Kier alpha value is -2.64. The Balaban J connectivity index is 2.20. The van der Waals surface area contributed by atoms with Crippen LogP contribution in [0.3, 0.4) is 0 Å². The summed E-state index contributed by atoms with van der Waals surface area (Å²) in [6.07, 6.45) is 0. The molecule has 2 aromatic rings. The van der Waals surface area contributed by atoms with Gasteiger partial charge in [-0.3, -0.25) is 10.1 Å². The topological polar surface area (TPSA) is 108 Å². The van der Waals surface area contributed by atoms with Gasteiger partial charge in [0.25, 0.3) is 11.9 Å². The van der Waals surface area contributed by atoms with E-state index in [9.17, 15) is 4.79 Å². The average Bonchev–Trinajstić information content (AvgIpc) is 2.73. The zero-order valence-electron chi connectivity index (χ0n) is 9.91. The summed E-state index contributed by atoms with van der Waals surface area (Å²) in [7, 11) is 3.10. The lowest BCUT2D eigenvalue weighted by Gasteiger charge is -2.05.